The van der Waals surface area contributed by atoms with Gasteiger partial charge in [-0.2, -0.15) is 0 Å². The van der Waals surface area contributed by atoms with Crippen molar-refractivity contribution in [3.8, 4) is 0 Å². The zero-order valence-corrected chi connectivity index (χ0v) is 19.4. The highest BCUT2D eigenvalue weighted by atomic mass is 32.2. The minimum atomic E-state index is -2.36. The fourth-order valence-electron chi connectivity index (χ4n) is 2.98. The fraction of sp³-hybridized carbons (Fsp3) is 0.304. The van der Waals surface area contributed by atoms with Gasteiger partial charge in [0.25, 0.3) is 0 Å². The average molecular weight is 457 g/mol. The van der Waals surface area contributed by atoms with Gasteiger partial charge in [0.15, 0.2) is 0 Å². The number of benzene rings is 2. The third-order valence-electron chi connectivity index (χ3n) is 4.68. The Bertz CT molecular complexity index is 1030. The number of hydrogen-bond donors (Lipinski definition) is 2. The van der Waals surface area contributed by atoms with Gasteiger partial charge in [-0.25, -0.2) is 4.98 Å². The highest BCUT2D eigenvalue weighted by Gasteiger charge is 2.26. The van der Waals surface area contributed by atoms with E-state index in [1.165, 1.54) is 5.56 Å². The molecule has 2 aromatic carbocycles. The van der Waals surface area contributed by atoms with Crippen molar-refractivity contribution >= 4 is 34.2 Å². The summed E-state index contributed by atoms with van der Waals surface area (Å²) in [7, 11) is 0. The van der Waals surface area contributed by atoms with E-state index < -0.39 is 16.7 Å². The van der Waals surface area contributed by atoms with E-state index in [-0.39, 0.29) is 11.9 Å². The number of nitrogens with one attached hydrogen (secondary N) is 2. The summed E-state index contributed by atoms with van der Waals surface area (Å²) in [5.41, 5.74) is 3.11. The molecule has 3 aromatic rings. The van der Waals surface area contributed by atoms with Gasteiger partial charge in [0, 0.05) is 34.2 Å². The molecule has 0 bridgehead atoms. The number of anilines is 1. The van der Waals surface area contributed by atoms with Gasteiger partial charge in [-0.1, -0.05) is 63.2 Å². The second-order valence-electron chi connectivity index (χ2n) is 8.35. The topological polar surface area (TPSA) is 94.2 Å². The molecule has 0 spiro atoms. The van der Waals surface area contributed by atoms with Gasteiger partial charge in [0.1, 0.15) is 5.01 Å². The maximum atomic E-state index is 12.7. The lowest BCUT2D eigenvalue weighted by atomic mass is 9.94. The van der Waals surface area contributed by atoms with Crippen LogP contribution in [0.4, 0.5) is 5.69 Å². The quantitative estimate of drug-likeness (QED) is 0.492. The SMILES string of the molecule is CC(C)(C)C(=O)N[C@@H](Cc1ccc(NS(=O)[O-])cc1)c1nc(Cc2ccccc2)cs1. The van der Waals surface area contributed by atoms with Crippen LogP contribution in [0, 0.1) is 5.41 Å². The van der Waals surface area contributed by atoms with E-state index in [1.54, 1.807) is 23.5 Å². The summed E-state index contributed by atoms with van der Waals surface area (Å²) in [6.07, 6.45) is 1.30. The number of rotatable bonds is 8. The van der Waals surface area contributed by atoms with Crippen LogP contribution in [0.3, 0.4) is 0 Å². The van der Waals surface area contributed by atoms with Crippen molar-refractivity contribution in [1.29, 1.82) is 0 Å². The number of amides is 1. The number of hydrogen-bond acceptors (Lipinski definition) is 5. The predicted octanol–water partition coefficient (Wildman–Crippen LogP) is 4.39. The second kappa shape index (κ2) is 10.2. The van der Waals surface area contributed by atoms with Gasteiger partial charge in [-0.05, 0) is 29.7 Å². The van der Waals surface area contributed by atoms with Crippen molar-refractivity contribution in [1.82, 2.24) is 10.3 Å². The van der Waals surface area contributed by atoms with Crippen molar-refractivity contribution in [2.45, 2.75) is 39.7 Å². The monoisotopic (exact) mass is 456 g/mol. The van der Waals surface area contributed by atoms with Crippen molar-refractivity contribution in [3.05, 3.63) is 81.8 Å². The van der Waals surface area contributed by atoms with E-state index in [4.69, 9.17) is 4.98 Å². The molecule has 8 heteroatoms. The maximum absolute atomic E-state index is 12.7. The molecule has 0 aliphatic heterocycles. The summed E-state index contributed by atoms with van der Waals surface area (Å²) < 4.78 is 23.9. The van der Waals surface area contributed by atoms with Crippen LogP contribution in [-0.4, -0.2) is 19.7 Å². The molecule has 1 unspecified atom stereocenters. The van der Waals surface area contributed by atoms with E-state index in [0.717, 1.165) is 22.7 Å². The van der Waals surface area contributed by atoms with Gasteiger partial charge >= 0.3 is 0 Å². The molecule has 0 radical (unpaired) electrons. The average Bonchev–Trinajstić information content (AvgIpc) is 3.17. The summed E-state index contributed by atoms with van der Waals surface area (Å²) in [5, 5.41) is 6.03. The van der Waals surface area contributed by atoms with Gasteiger partial charge in [-0.15, -0.1) is 11.3 Å². The van der Waals surface area contributed by atoms with Crippen LogP contribution in [0.25, 0.3) is 0 Å². The molecule has 0 aliphatic rings. The first kappa shape index (κ1) is 23.1. The maximum Gasteiger partial charge on any atom is 0.225 e. The van der Waals surface area contributed by atoms with Crippen LogP contribution < -0.4 is 10.0 Å². The number of carbonyl (C=O) groups is 1. The van der Waals surface area contributed by atoms with E-state index in [0.29, 0.717) is 12.1 Å². The number of aromatic nitrogens is 1. The Morgan fingerprint density at radius 1 is 1.10 bits per heavy atom. The minimum absolute atomic E-state index is 0.0441. The van der Waals surface area contributed by atoms with Crippen LogP contribution in [0.15, 0.2) is 60.0 Å². The molecular weight excluding hydrogens is 430 g/mol. The van der Waals surface area contributed by atoms with Crippen molar-refractivity contribution in [2.75, 3.05) is 4.72 Å². The molecular formula is C23H26N3O3S2-. The Kier molecular flexibility index (Phi) is 7.59. The summed E-state index contributed by atoms with van der Waals surface area (Å²) in [6, 6.07) is 17.0. The van der Waals surface area contributed by atoms with Crippen LogP contribution in [0.1, 0.15) is 48.6 Å². The molecule has 0 fully saturated rings. The first-order valence-corrected chi connectivity index (χ1v) is 11.9. The molecule has 1 heterocycles. The Morgan fingerprint density at radius 3 is 2.39 bits per heavy atom. The molecule has 0 saturated carbocycles. The lowest BCUT2D eigenvalue weighted by molar-refractivity contribution is -0.129. The van der Waals surface area contributed by atoms with Crippen molar-refractivity contribution in [3.63, 3.8) is 0 Å². The summed E-state index contributed by atoms with van der Waals surface area (Å²) >= 11 is -0.820. The molecule has 6 nitrogen and oxygen atoms in total. The Labute approximate surface area is 189 Å². The summed E-state index contributed by atoms with van der Waals surface area (Å²) in [5.74, 6) is -0.0441. The van der Waals surface area contributed by atoms with Gasteiger partial charge in [0.05, 0.1) is 11.7 Å². The van der Waals surface area contributed by atoms with E-state index >= 15 is 0 Å². The summed E-state index contributed by atoms with van der Waals surface area (Å²) in [6.45, 7) is 5.64. The van der Waals surface area contributed by atoms with Crippen LogP contribution in [0.2, 0.25) is 0 Å². The number of nitrogens with zero attached hydrogens (tertiary/aromatic N) is 1. The largest absolute Gasteiger partial charge is 0.755 e. The van der Waals surface area contributed by atoms with Crippen LogP contribution in [0.5, 0.6) is 0 Å². The van der Waals surface area contributed by atoms with E-state index in [2.05, 4.69) is 22.2 Å². The molecule has 164 valence electrons. The normalized spacial score (nSPS) is 13.4. The van der Waals surface area contributed by atoms with Crippen LogP contribution >= 0.6 is 11.3 Å². The molecule has 0 saturated heterocycles. The molecule has 0 aliphatic carbocycles. The first-order chi connectivity index (χ1) is 14.7. The Balaban J connectivity index is 1.79. The third kappa shape index (κ3) is 6.99. The van der Waals surface area contributed by atoms with E-state index in [9.17, 15) is 13.6 Å². The van der Waals surface area contributed by atoms with Crippen LogP contribution in [-0.2, 0) is 28.9 Å². The summed E-state index contributed by atoms with van der Waals surface area (Å²) in [4.78, 5) is 17.5. The lowest BCUT2D eigenvalue weighted by Gasteiger charge is -2.23. The standard InChI is InChI=1S/C23H27N3O3S2/c1-23(2,3)22(27)25-20(14-17-9-11-18(12-10-17)26-31(28)29)21-24-19(15-30-21)13-16-7-5-4-6-8-16/h4-12,15,20,26H,13-14H2,1-3H3,(H,25,27)(H,28,29)/p-1/t20-/m0/s1. The number of thiazole rings is 1. The molecule has 31 heavy (non-hydrogen) atoms. The lowest BCUT2D eigenvalue weighted by Crippen LogP contribution is -2.38. The molecule has 1 aromatic heterocycles. The predicted molar refractivity (Wildman–Crippen MR) is 124 cm³/mol. The van der Waals surface area contributed by atoms with Crippen molar-refractivity contribution in [2.24, 2.45) is 5.41 Å². The molecule has 2 N–H and O–H groups in total. The molecule has 2 atom stereocenters. The van der Waals surface area contributed by atoms with Gasteiger partial charge in [-0.3, -0.25) is 9.00 Å². The first-order valence-electron chi connectivity index (χ1n) is 9.95. The fourth-order valence-corrected chi connectivity index (χ4v) is 4.18. The van der Waals surface area contributed by atoms with Crippen molar-refractivity contribution < 1.29 is 13.6 Å². The van der Waals surface area contributed by atoms with E-state index in [1.807, 2.05) is 56.5 Å². The third-order valence-corrected chi connectivity index (χ3v) is 6.09. The second-order valence-corrected chi connectivity index (χ2v) is 9.92. The molecule has 1 amide bonds. The number of carbonyl (C=O) groups excluding carboxylic acids is 1. The molecule has 3 rings (SSSR count). The Morgan fingerprint density at radius 2 is 1.77 bits per heavy atom. The zero-order chi connectivity index (χ0) is 22.4. The highest BCUT2D eigenvalue weighted by molar-refractivity contribution is 7.80. The Hall–Kier alpha value is -2.55. The van der Waals surface area contributed by atoms with Gasteiger partial charge in [0.2, 0.25) is 5.91 Å². The zero-order valence-electron chi connectivity index (χ0n) is 17.8. The van der Waals surface area contributed by atoms with Gasteiger partial charge < -0.3 is 14.6 Å². The smallest absolute Gasteiger partial charge is 0.225 e. The minimum Gasteiger partial charge on any atom is -0.755 e. The highest BCUT2D eigenvalue weighted by Crippen LogP contribution is 2.26.